The van der Waals surface area contributed by atoms with E-state index in [1.165, 1.54) is 0 Å². The molecule has 1 rings (SSSR count). The highest BCUT2D eigenvalue weighted by Gasteiger charge is 2.20. The molecule has 4 nitrogen and oxygen atoms in total. The van der Waals surface area contributed by atoms with Gasteiger partial charge >= 0.3 is 0 Å². The van der Waals surface area contributed by atoms with E-state index in [9.17, 15) is 4.79 Å². The van der Waals surface area contributed by atoms with Crippen LogP contribution in [0, 0.1) is 0 Å². The van der Waals surface area contributed by atoms with Crippen molar-refractivity contribution in [3.63, 3.8) is 0 Å². The second-order valence-electron chi connectivity index (χ2n) is 4.98. The number of anilines is 2. The van der Waals surface area contributed by atoms with Gasteiger partial charge in [-0.1, -0.05) is 13.3 Å². The van der Waals surface area contributed by atoms with E-state index in [4.69, 9.17) is 11.5 Å². The van der Waals surface area contributed by atoms with Gasteiger partial charge in [-0.25, -0.2) is 0 Å². The minimum absolute atomic E-state index is 0.137. The fourth-order valence-electron chi connectivity index (χ4n) is 1.87. The summed E-state index contributed by atoms with van der Waals surface area (Å²) < 4.78 is 0. The van der Waals surface area contributed by atoms with Crippen LogP contribution < -0.4 is 16.8 Å². The average molecular weight is 235 g/mol. The number of nitrogens with one attached hydrogen (secondary N) is 1. The Morgan fingerprint density at radius 1 is 1.24 bits per heavy atom. The standard InChI is InChI=1S/C13H21N3O/c1-4-5-13(2,3)16-12(17)9-6-10(14)8-11(15)7-9/h6-8H,4-5,14-15H2,1-3H3,(H,16,17). The van der Waals surface area contributed by atoms with Gasteiger partial charge in [0.2, 0.25) is 0 Å². The maximum Gasteiger partial charge on any atom is 0.251 e. The topological polar surface area (TPSA) is 81.1 Å². The van der Waals surface area contributed by atoms with Crippen LogP contribution in [0.25, 0.3) is 0 Å². The predicted molar refractivity (Wildman–Crippen MR) is 71.7 cm³/mol. The van der Waals surface area contributed by atoms with Crippen LogP contribution in [-0.4, -0.2) is 11.4 Å². The van der Waals surface area contributed by atoms with Gasteiger partial charge < -0.3 is 16.8 Å². The molecule has 0 saturated heterocycles. The van der Waals surface area contributed by atoms with E-state index in [1.54, 1.807) is 18.2 Å². The highest BCUT2D eigenvalue weighted by atomic mass is 16.1. The molecule has 1 amide bonds. The zero-order chi connectivity index (χ0) is 13.1. The average Bonchev–Trinajstić information content (AvgIpc) is 2.14. The molecule has 1 aromatic carbocycles. The minimum atomic E-state index is -0.217. The fraction of sp³-hybridized carbons (Fsp3) is 0.462. The Morgan fingerprint density at radius 2 is 1.76 bits per heavy atom. The fourth-order valence-corrected chi connectivity index (χ4v) is 1.87. The van der Waals surface area contributed by atoms with Crippen LogP contribution in [-0.2, 0) is 0 Å². The third kappa shape index (κ3) is 3.98. The third-order valence-electron chi connectivity index (χ3n) is 2.57. The highest BCUT2D eigenvalue weighted by molar-refractivity contribution is 5.96. The summed E-state index contributed by atoms with van der Waals surface area (Å²) in [5.41, 5.74) is 12.6. The van der Waals surface area contributed by atoms with Gasteiger partial charge in [-0.15, -0.1) is 0 Å². The number of hydrogen-bond donors (Lipinski definition) is 3. The summed E-state index contributed by atoms with van der Waals surface area (Å²) in [7, 11) is 0. The van der Waals surface area contributed by atoms with Crippen LogP contribution in [0.3, 0.4) is 0 Å². The number of carbonyl (C=O) groups excluding carboxylic acids is 1. The van der Waals surface area contributed by atoms with E-state index in [0.29, 0.717) is 16.9 Å². The van der Waals surface area contributed by atoms with Crippen LogP contribution in [0.2, 0.25) is 0 Å². The van der Waals surface area contributed by atoms with Gasteiger partial charge in [0, 0.05) is 22.5 Å². The second-order valence-corrected chi connectivity index (χ2v) is 4.98. The summed E-state index contributed by atoms with van der Waals surface area (Å²) in [5, 5.41) is 2.98. The van der Waals surface area contributed by atoms with E-state index in [1.807, 2.05) is 13.8 Å². The molecule has 0 aliphatic rings. The number of carbonyl (C=O) groups is 1. The van der Waals surface area contributed by atoms with Crippen molar-refractivity contribution < 1.29 is 4.79 Å². The third-order valence-corrected chi connectivity index (χ3v) is 2.57. The molecule has 0 atom stereocenters. The van der Waals surface area contributed by atoms with Crippen molar-refractivity contribution in [2.75, 3.05) is 11.5 Å². The smallest absolute Gasteiger partial charge is 0.251 e. The van der Waals surface area contributed by atoms with Gasteiger partial charge in [-0.05, 0) is 38.5 Å². The van der Waals surface area contributed by atoms with Crippen molar-refractivity contribution in [1.29, 1.82) is 0 Å². The van der Waals surface area contributed by atoms with E-state index >= 15 is 0 Å². The van der Waals surface area contributed by atoms with Crippen molar-refractivity contribution >= 4 is 17.3 Å². The van der Waals surface area contributed by atoms with Crippen LogP contribution in [0.4, 0.5) is 11.4 Å². The molecule has 0 aliphatic heterocycles. The first-order chi connectivity index (χ1) is 7.84. The Bertz CT molecular complexity index is 393. The van der Waals surface area contributed by atoms with Crippen molar-refractivity contribution in [2.24, 2.45) is 0 Å². The molecule has 4 heteroatoms. The maximum atomic E-state index is 12.0. The SMILES string of the molecule is CCCC(C)(C)NC(=O)c1cc(N)cc(N)c1. The summed E-state index contributed by atoms with van der Waals surface area (Å²) in [5.74, 6) is -0.137. The lowest BCUT2D eigenvalue weighted by Gasteiger charge is -2.25. The number of amides is 1. The molecule has 0 bridgehead atoms. The minimum Gasteiger partial charge on any atom is -0.399 e. The quantitative estimate of drug-likeness (QED) is 0.699. The summed E-state index contributed by atoms with van der Waals surface area (Å²) in [6.45, 7) is 6.10. The lowest BCUT2D eigenvalue weighted by molar-refractivity contribution is 0.0909. The Labute approximate surface area is 102 Å². The first-order valence-electron chi connectivity index (χ1n) is 5.82. The zero-order valence-electron chi connectivity index (χ0n) is 10.7. The normalized spacial score (nSPS) is 11.2. The molecule has 17 heavy (non-hydrogen) atoms. The van der Waals surface area contributed by atoms with Crippen LogP contribution in [0.5, 0.6) is 0 Å². The number of nitrogen functional groups attached to an aromatic ring is 2. The lowest BCUT2D eigenvalue weighted by Crippen LogP contribution is -2.43. The summed E-state index contributed by atoms with van der Waals surface area (Å²) >= 11 is 0. The number of rotatable bonds is 4. The van der Waals surface area contributed by atoms with Gasteiger partial charge in [0.15, 0.2) is 0 Å². The van der Waals surface area contributed by atoms with Gasteiger partial charge in [0.05, 0.1) is 0 Å². The van der Waals surface area contributed by atoms with E-state index in [0.717, 1.165) is 12.8 Å². The van der Waals surface area contributed by atoms with Gasteiger partial charge in [-0.3, -0.25) is 4.79 Å². The molecule has 0 aliphatic carbocycles. The van der Waals surface area contributed by atoms with Crippen LogP contribution in [0.15, 0.2) is 18.2 Å². The summed E-state index contributed by atoms with van der Waals surface area (Å²) in [6, 6.07) is 4.90. The number of nitrogens with two attached hydrogens (primary N) is 2. The molecule has 0 radical (unpaired) electrons. The van der Waals surface area contributed by atoms with Crippen LogP contribution in [0.1, 0.15) is 44.0 Å². The summed E-state index contributed by atoms with van der Waals surface area (Å²) in [6.07, 6.45) is 1.95. The molecule has 5 N–H and O–H groups in total. The van der Waals surface area contributed by atoms with Gasteiger partial charge in [0.1, 0.15) is 0 Å². The van der Waals surface area contributed by atoms with Crippen molar-refractivity contribution in [2.45, 2.75) is 39.2 Å². The van der Waals surface area contributed by atoms with Crippen LogP contribution >= 0.6 is 0 Å². The molecule has 0 aromatic heterocycles. The predicted octanol–water partition coefficient (Wildman–Crippen LogP) is 2.16. The maximum absolute atomic E-state index is 12.0. The zero-order valence-corrected chi connectivity index (χ0v) is 10.7. The Kier molecular flexibility index (Phi) is 3.99. The Hall–Kier alpha value is -1.71. The molecular weight excluding hydrogens is 214 g/mol. The van der Waals surface area contributed by atoms with E-state index < -0.39 is 0 Å². The first-order valence-corrected chi connectivity index (χ1v) is 5.82. The number of benzene rings is 1. The molecule has 0 heterocycles. The lowest BCUT2D eigenvalue weighted by atomic mass is 9.98. The van der Waals surface area contributed by atoms with E-state index in [2.05, 4.69) is 12.2 Å². The number of hydrogen-bond acceptors (Lipinski definition) is 3. The highest BCUT2D eigenvalue weighted by Crippen LogP contribution is 2.16. The van der Waals surface area contributed by atoms with Crippen molar-refractivity contribution in [3.8, 4) is 0 Å². The molecular formula is C13H21N3O. The molecule has 1 aromatic rings. The molecule has 0 fully saturated rings. The van der Waals surface area contributed by atoms with Gasteiger partial charge in [0.25, 0.3) is 5.91 Å². The molecule has 0 unspecified atom stereocenters. The molecule has 0 spiro atoms. The largest absolute Gasteiger partial charge is 0.399 e. The Balaban J connectivity index is 2.83. The van der Waals surface area contributed by atoms with Gasteiger partial charge in [-0.2, -0.15) is 0 Å². The van der Waals surface area contributed by atoms with Crippen molar-refractivity contribution in [1.82, 2.24) is 5.32 Å². The summed E-state index contributed by atoms with van der Waals surface area (Å²) in [4.78, 5) is 12.0. The van der Waals surface area contributed by atoms with Crippen molar-refractivity contribution in [3.05, 3.63) is 23.8 Å². The monoisotopic (exact) mass is 235 g/mol. The first kappa shape index (κ1) is 13.4. The van der Waals surface area contributed by atoms with E-state index in [-0.39, 0.29) is 11.4 Å². The molecule has 0 saturated carbocycles. The second kappa shape index (κ2) is 5.08. The Morgan fingerprint density at radius 3 is 2.24 bits per heavy atom. The molecule has 94 valence electrons.